The van der Waals surface area contributed by atoms with Crippen molar-refractivity contribution >= 4 is 23.2 Å². The van der Waals surface area contributed by atoms with Gasteiger partial charge >= 0.3 is 6.18 Å². The Morgan fingerprint density at radius 3 is 2.56 bits per heavy atom. The fourth-order valence-corrected chi connectivity index (χ4v) is 1.34. The summed E-state index contributed by atoms with van der Waals surface area (Å²) < 4.78 is 37.4. The maximum Gasteiger partial charge on any atom is 0.416 e. The number of nitrogens with two attached hydrogens (primary N) is 2. The summed E-state index contributed by atoms with van der Waals surface area (Å²) in [6.45, 7) is -0.101. The van der Waals surface area contributed by atoms with Crippen molar-refractivity contribution < 1.29 is 18.0 Å². The minimum absolute atomic E-state index is 0.0446. The first-order valence-electron chi connectivity index (χ1n) is 4.87. The molecule has 1 rings (SSSR count). The molecule has 0 saturated carbocycles. The molecule has 0 aliphatic heterocycles. The SMILES string of the molecule is NC(=O)C(N)CNc1cc(C(F)(F)F)ccc1Cl. The highest BCUT2D eigenvalue weighted by Crippen LogP contribution is 2.33. The number of primary amides is 1. The molecule has 0 spiro atoms. The van der Waals surface area contributed by atoms with E-state index in [4.69, 9.17) is 23.1 Å². The molecule has 5 N–H and O–H groups in total. The van der Waals surface area contributed by atoms with Gasteiger partial charge in [0.25, 0.3) is 0 Å². The van der Waals surface area contributed by atoms with Gasteiger partial charge in [0, 0.05) is 6.54 Å². The lowest BCUT2D eigenvalue weighted by Gasteiger charge is -2.14. The van der Waals surface area contributed by atoms with Gasteiger partial charge in [-0.2, -0.15) is 13.2 Å². The highest BCUT2D eigenvalue weighted by molar-refractivity contribution is 6.33. The van der Waals surface area contributed by atoms with Gasteiger partial charge in [0.15, 0.2) is 0 Å². The molecular weight excluding hydrogens is 271 g/mol. The number of carbonyl (C=O) groups excluding carboxylic acids is 1. The van der Waals surface area contributed by atoms with E-state index in [1.54, 1.807) is 0 Å². The molecule has 0 fully saturated rings. The summed E-state index contributed by atoms with van der Waals surface area (Å²) in [5.74, 6) is -0.759. The van der Waals surface area contributed by atoms with E-state index in [-0.39, 0.29) is 17.3 Å². The summed E-state index contributed by atoms with van der Waals surface area (Å²) in [5, 5.41) is 2.65. The number of rotatable bonds is 4. The van der Waals surface area contributed by atoms with Gasteiger partial charge in [0.05, 0.1) is 16.3 Å². The molecule has 100 valence electrons. The average molecular weight is 282 g/mol. The molecule has 0 radical (unpaired) electrons. The van der Waals surface area contributed by atoms with Crippen molar-refractivity contribution in [3.05, 3.63) is 28.8 Å². The molecule has 0 aliphatic rings. The van der Waals surface area contributed by atoms with Crippen LogP contribution in [0.1, 0.15) is 5.56 Å². The Balaban J connectivity index is 2.85. The zero-order valence-electron chi connectivity index (χ0n) is 9.09. The number of amides is 1. The molecule has 1 aromatic carbocycles. The van der Waals surface area contributed by atoms with Gasteiger partial charge in [0.1, 0.15) is 6.04 Å². The first-order chi connectivity index (χ1) is 8.21. The van der Waals surface area contributed by atoms with Gasteiger partial charge in [0.2, 0.25) is 5.91 Å². The summed E-state index contributed by atoms with van der Waals surface area (Å²) in [6, 6.07) is 1.82. The third-order valence-electron chi connectivity index (χ3n) is 2.17. The molecule has 0 aromatic heterocycles. The van der Waals surface area contributed by atoms with Crippen LogP contribution in [0, 0.1) is 0 Å². The van der Waals surface area contributed by atoms with Crippen LogP contribution in [-0.2, 0) is 11.0 Å². The van der Waals surface area contributed by atoms with E-state index in [1.807, 2.05) is 0 Å². The Labute approximate surface area is 106 Å². The van der Waals surface area contributed by atoms with Crippen molar-refractivity contribution in [1.82, 2.24) is 0 Å². The van der Waals surface area contributed by atoms with E-state index >= 15 is 0 Å². The molecule has 0 aliphatic carbocycles. The van der Waals surface area contributed by atoms with Crippen molar-refractivity contribution in [2.45, 2.75) is 12.2 Å². The number of hydrogen-bond acceptors (Lipinski definition) is 3. The van der Waals surface area contributed by atoms with Gasteiger partial charge in [-0.3, -0.25) is 4.79 Å². The number of halogens is 4. The molecule has 18 heavy (non-hydrogen) atoms. The first kappa shape index (κ1) is 14.6. The monoisotopic (exact) mass is 281 g/mol. The molecule has 1 amide bonds. The zero-order valence-corrected chi connectivity index (χ0v) is 9.85. The second kappa shape index (κ2) is 5.45. The molecule has 0 saturated heterocycles. The topological polar surface area (TPSA) is 81.1 Å². The van der Waals surface area contributed by atoms with Crippen molar-refractivity contribution in [1.29, 1.82) is 0 Å². The summed E-state index contributed by atoms with van der Waals surface area (Å²) >= 11 is 5.72. The molecule has 0 heterocycles. The molecule has 1 atom stereocenters. The molecule has 4 nitrogen and oxygen atoms in total. The molecule has 1 aromatic rings. The lowest BCUT2D eigenvalue weighted by molar-refractivity contribution is -0.137. The Morgan fingerprint density at radius 2 is 2.06 bits per heavy atom. The normalized spacial score (nSPS) is 13.2. The van der Waals surface area contributed by atoms with Gasteiger partial charge < -0.3 is 16.8 Å². The molecular formula is C10H11ClF3N3O. The standard InChI is InChI=1S/C10H11ClF3N3O/c11-6-2-1-5(10(12,13)14)3-8(6)17-4-7(15)9(16)18/h1-3,7,17H,4,15H2,(H2,16,18). The average Bonchev–Trinajstić information content (AvgIpc) is 2.25. The first-order valence-corrected chi connectivity index (χ1v) is 5.25. The third kappa shape index (κ3) is 3.78. The van der Waals surface area contributed by atoms with Gasteiger partial charge in [-0.05, 0) is 18.2 Å². The summed E-state index contributed by atoms with van der Waals surface area (Å²) in [4.78, 5) is 10.7. The highest BCUT2D eigenvalue weighted by Gasteiger charge is 2.31. The van der Waals surface area contributed by atoms with E-state index in [0.29, 0.717) is 0 Å². The van der Waals surface area contributed by atoms with E-state index in [2.05, 4.69) is 5.32 Å². The van der Waals surface area contributed by atoms with Crippen LogP contribution in [0.4, 0.5) is 18.9 Å². The van der Waals surface area contributed by atoms with Gasteiger partial charge in [-0.25, -0.2) is 0 Å². The highest BCUT2D eigenvalue weighted by atomic mass is 35.5. The van der Waals surface area contributed by atoms with E-state index in [9.17, 15) is 18.0 Å². The zero-order chi connectivity index (χ0) is 13.9. The number of hydrogen-bond donors (Lipinski definition) is 3. The summed E-state index contributed by atoms with van der Waals surface area (Å²) in [5.41, 5.74) is 9.46. The van der Waals surface area contributed by atoms with Crippen LogP contribution in [0.5, 0.6) is 0 Å². The van der Waals surface area contributed by atoms with Crippen LogP contribution in [0.15, 0.2) is 18.2 Å². The van der Waals surface area contributed by atoms with Crippen LogP contribution in [-0.4, -0.2) is 18.5 Å². The van der Waals surface area contributed by atoms with Crippen LogP contribution >= 0.6 is 11.6 Å². The number of alkyl halides is 3. The minimum Gasteiger partial charge on any atom is -0.382 e. The lowest BCUT2D eigenvalue weighted by atomic mass is 10.2. The Morgan fingerprint density at radius 1 is 1.44 bits per heavy atom. The number of nitrogens with one attached hydrogen (secondary N) is 1. The van der Waals surface area contributed by atoms with Crippen LogP contribution in [0.2, 0.25) is 5.02 Å². The van der Waals surface area contributed by atoms with E-state index in [1.165, 1.54) is 0 Å². The van der Waals surface area contributed by atoms with Crippen LogP contribution in [0.25, 0.3) is 0 Å². The number of anilines is 1. The molecule has 8 heteroatoms. The Hall–Kier alpha value is -1.47. The third-order valence-corrected chi connectivity index (χ3v) is 2.50. The quantitative estimate of drug-likeness (QED) is 0.784. The predicted molar refractivity (Wildman–Crippen MR) is 62.1 cm³/mol. The maximum atomic E-state index is 12.5. The Bertz CT molecular complexity index is 450. The summed E-state index contributed by atoms with van der Waals surface area (Å²) in [7, 11) is 0. The largest absolute Gasteiger partial charge is 0.416 e. The predicted octanol–water partition coefficient (Wildman–Crippen LogP) is 1.58. The Kier molecular flexibility index (Phi) is 4.42. The van der Waals surface area contributed by atoms with Crippen molar-refractivity contribution in [2.24, 2.45) is 11.5 Å². The minimum atomic E-state index is -4.47. The number of benzene rings is 1. The molecule has 0 bridgehead atoms. The van der Waals surface area contributed by atoms with Crippen molar-refractivity contribution in [2.75, 3.05) is 11.9 Å². The smallest absolute Gasteiger partial charge is 0.382 e. The van der Waals surface area contributed by atoms with Gasteiger partial charge in [-0.15, -0.1) is 0 Å². The second-order valence-electron chi connectivity index (χ2n) is 3.58. The van der Waals surface area contributed by atoms with Crippen LogP contribution in [0.3, 0.4) is 0 Å². The van der Waals surface area contributed by atoms with E-state index in [0.717, 1.165) is 18.2 Å². The fraction of sp³-hybridized carbons (Fsp3) is 0.300. The van der Waals surface area contributed by atoms with E-state index < -0.39 is 23.7 Å². The lowest BCUT2D eigenvalue weighted by Crippen LogP contribution is -2.41. The summed E-state index contributed by atoms with van der Waals surface area (Å²) in [6.07, 6.45) is -4.47. The number of carbonyl (C=O) groups is 1. The van der Waals surface area contributed by atoms with Crippen molar-refractivity contribution in [3.8, 4) is 0 Å². The molecule has 1 unspecified atom stereocenters. The second-order valence-corrected chi connectivity index (χ2v) is 3.99. The maximum absolute atomic E-state index is 12.5. The van der Waals surface area contributed by atoms with Crippen LogP contribution < -0.4 is 16.8 Å². The fourth-order valence-electron chi connectivity index (χ4n) is 1.16. The van der Waals surface area contributed by atoms with Gasteiger partial charge in [-0.1, -0.05) is 11.6 Å². The van der Waals surface area contributed by atoms with Crippen molar-refractivity contribution in [3.63, 3.8) is 0 Å².